The zero-order valence-electron chi connectivity index (χ0n) is 17.0. The Balaban J connectivity index is 1.94. The molecule has 6 nitrogen and oxygen atoms in total. The highest BCUT2D eigenvalue weighted by atomic mass is 16.5. The Bertz CT molecular complexity index is 814. The van der Waals surface area contributed by atoms with E-state index in [1.54, 1.807) is 18.2 Å². The Labute approximate surface area is 166 Å². The molecule has 2 N–H and O–H groups in total. The molecule has 0 aliphatic rings. The molecule has 0 radical (unpaired) electrons. The Morgan fingerprint density at radius 1 is 0.964 bits per heavy atom. The van der Waals surface area contributed by atoms with Crippen LogP contribution in [0.4, 0.5) is 11.4 Å². The number of ether oxygens (including phenoxy) is 2. The molecule has 0 spiro atoms. The summed E-state index contributed by atoms with van der Waals surface area (Å²) in [6, 6.07) is 12.8. The van der Waals surface area contributed by atoms with Gasteiger partial charge >= 0.3 is 0 Å². The minimum atomic E-state index is -0.283. The van der Waals surface area contributed by atoms with Gasteiger partial charge < -0.3 is 20.1 Å². The maximum absolute atomic E-state index is 12.2. The van der Waals surface area contributed by atoms with Crippen LogP contribution in [0, 0.1) is 5.92 Å². The maximum Gasteiger partial charge on any atom is 0.262 e. The second-order valence-corrected chi connectivity index (χ2v) is 7.12. The van der Waals surface area contributed by atoms with Crippen LogP contribution in [-0.2, 0) is 9.59 Å². The molecule has 6 heteroatoms. The molecular formula is C22H28N2O4. The number of nitrogens with one attached hydrogen (secondary N) is 2. The van der Waals surface area contributed by atoms with Crippen molar-refractivity contribution in [1.82, 2.24) is 0 Å². The van der Waals surface area contributed by atoms with Crippen LogP contribution in [0.15, 0.2) is 42.5 Å². The summed E-state index contributed by atoms with van der Waals surface area (Å²) in [4.78, 5) is 24.0. The lowest BCUT2D eigenvalue weighted by molar-refractivity contribution is -0.119. The van der Waals surface area contributed by atoms with Crippen LogP contribution >= 0.6 is 0 Å². The number of hydrogen-bond donors (Lipinski definition) is 2. The minimum Gasteiger partial charge on any atom is -0.494 e. The first kappa shape index (κ1) is 21.3. The highest BCUT2D eigenvalue weighted by Gasteiger charge is 2.12. The highest BCUT2D eigenvalue weighted by Crippen LogP contribution is 2.28. The molecule has 0 saturated carbocycles. The van der Waals surface area contributed by atoms with Crippen molar-refractivity contribution in [2.24, 2.45) is 5.92 Å². The quantitative estimate of drug-likeness (QED) is 0.706. The smallest absolute Gasteiger partial charge is 0.262 e. The topological polar surface area (TPSA) is 76.7 Å². The van der Waals surface area contributed by atoms with Gasteiger partial charge in [0.2, 0.25) is 5.91 Å². The maximum atomic E-state index is 12.2. The summed E-state index contributed by atoms with van der Waals surface area (Å²) in [6.07, 6.45) is 0. The molecule has 2 aromatic carbocycles. The number of methoxy groups -OCH3 is 1. The molecule has 0 saturated heterocycles. The van der Waals surface area contributed by atoms with Crippen molar-refractivity contribution in [2.75, 3.05) is 24.4 Å². The van der Waals surface area contributed by atoms with E-state index in [0.717, 1.165) is 0 Å². The fourth-order valence-corrected chi connectivity index (χ4v) is 2.44. The second kappa shape index (κ2) is 9.78. The third-order valence-corrected chi connectivity index (χ3v) is 4.18. The monoisotopic (exact) mass is 384 g/mol. The molecule has 2 aromatic rings. The van der Waals surface area contributed by atoms with E-state index in [0.29, 0.717) is 28.8 Å². The van der Waals surface area contributed by atoms with Crippen LogP contribution in [0.3, 0.4) is 0 Å². The normalized spacial score (nSPS) is 10.7. The molecule has 0 fully saturated rings. The van der Waals surface area contributed by atoms with Gasteiger partial charge in [-0.15, -0.1) is 0 Å². The summed E-state index contributed by atoms with van der Waals surface area (Å²) in [5, 5.41) is 5.56. The van der Waals surface area contributed by atoms with E-state index < -0.39 is 0 Å². The predicted molar refractivity (Wildman–Crippen MR) is 111 cm³/mol. The third-order valence-electron chi connectivity index (χ3n) is 4.18. The van der Waals surface area contributed by atoms with Crippen molar-refractivity contribution in [1.29, 1.82) is 0 Å². The summed E-state index contributed by atoms with van der Waals surface area (Å²) in [5.41, 5.74) is 2.33. The predicted octanol–water partition coefficient (Wildman–Crippen LogP) is 4.43. The van der Waals surface area contributed by atoms with Crippen molar-refractivity contribution in [3.05, 3.63) is 48.0 Å². The van der Waals surface area contributed by atoms with Gasteiger partial charge in [0.15, 0.2) is 6.61 Å². The molecule has 0 heterocycles. The Hall–Kier alpha value is -3.02. The average Bonchev–Trinajstić information content (AvgIpc) is 2.67. The number of anilines is 2. The van der Waals surface area contributed by atoms with E-state index in [1.165, 1.54) is 12.7 Å². The molecule has 2 amide bonds. The summed E-state index contributed by atoms with van der Waals surface area (Å²) >= 11 is 0. The van der Waals surface area contributed by atoms with Crippen LogP contribution in [0.2, 0.25) is 0 Å². The molecule has 2 rings (SSSR count). The largest absolute Gasteiger partial charge is 0.494 e. The van der Waals surface area contributed by atoms with Crippen molar-refractivity contribution in [2.45, 2.75) is 33.6 Å². The van der Waals surface area contributed by atoms with Crippen molar-refractivity contribution in [3.8, 4) is 11.5 Å². The molecule has 0 bridgehead atoms. The first-order valence-corrected chi connectivity index (χ1v) is 9.31. The lowest BCUT2D eigenvalue weighted by Gasteiger charge is -2.14. The van der Waals surface area contributed by atoms with Gasteiger partial charge in [-0.3, -0.25) is 9.59 Å². The van der Waals surface area contributed by atoms with Gasteiger partial charge in [-0.25, -0.2) is 0 Å². The fraction of sp³-hybridized carbons (Fsp3) is 0.364. The molecule has 0 aromatic heterocycles. The zero-order chi connectivity index (χ0) is 20.7. The first-order valence-electron chi connectivity index (χ1n) is 9.31. The van der Waals surface area contributed by atoms with Crippen LogP contribution in [0.25, 0.3) is 0 Å². The van der Waals surface area contributed by atoms with E-state index in [4.69, 9.17) is 9.47 Å². The molecule has 28 heavy (non-hydrogen) atoms. The standard InChI is InChI=1S/C22H28N2O4/c1-14(2)16-6-9-18(10-7-16)28-13-21(25)23-17-8-11-19(20(12-17)27-5)24-22(26)15(3)4/h6-12,14-15H,13H2,1-5H3,(H,23,25)(H,24,26). The SMILES string of the molecule is COc1cc(NC(=O)COc2ccc(C(C)C)cc2)ccc1NC(=O)C(C)C. The van der Waals surface area contributed by atoms with Gasteiger partial charge in [0.1, 0.15) is 11.5 Å². The van der Waals surface area contributed by atoms with Gasteiger partial charge in [0, 0.05) is 17.7 Å². The molecule has 0 aliphatic heterocycles. The third kappa shape index (κ3) is 6.01. The van der Waals surface area contributed by atoms with Gasteiger partial charge in [-0.05, 0) is 35.7 Å². The van der Waals surface area contributed by atoms with E-state index in [1.807, 2.05) is 38.1 Å². The highest BCUT2D eigenvalue weighted by molar-refractivity contribution is 5.95. The number of benzene rings is 2. The van der Waals surface area contributed by atoms with Crippen LogP contribution < -0.4 is 20.1 Å². The van der Waals surface area contributed by atoms with Gasteiger partial charge in [0.05, 0.1) is 12.8 Å². The number of carbonyl (C=O) groups excluding carboxylic acids is 2. The van der Waals surface area contributed by atoms with Gasteiger partial charge in [-0.2, -0.15) is 0 Å². The fourth-order valence-electron chi connectivity index (χ4n) is 2.44. The van der Waals surface area contributed by atoms with Crippen LogP contribution in [0.5, 0.6) is 11.5 Å². The number of hydrogen-bond acceptors (Lipinski definition) is 4. The first-order chi connectivity index (χ1) is 13.3. The number of amides is 2. The van der Waals surface area contributed by atoms with Gasteiger partial charge in [0.25, 0.3) is 5.91 Å². The number of rotatable bonds is 8. The van der Waals surface area contributed by atoms with Crippen molar-refractivity contribution < 1.29 is 19.1 Å². The molecular weight excluding hydrogens is 356 g/mol. The van der Waals surface area contributed by atoms with E-state index in [2.05, 4.69) is 24.5 Å². The molecule has 0 unspecified atom stereocenters. The van der Waals surface area contributed by atoms with Crippen molar-refractivity contribution in [3.63, 3.8) is 0 Å². The van der Waals surface area contributed by atoms with Gasteiger partial charge in [-0.1, -0.05) is 39.8 Å². The summed E-state index contributed by atoms with van der Waals surface area (Å²) in [5.74, 6) is 1.03. The Morgan fingerprint density at radius 3 is 2.21 bits per heavy atom. The minimum absolute atomic E-state index is 0.102. The summed E-state index contributed by atoms with van der Waals surface area (Å²) < 4.78 is 10.8. The number of carbonyl (C=O) groups is 2. The summed E-state index contributed by atoms with van der Waals surface area (Å²) in [7, 11) is 1.51. The zero-order valence-corrected chi connectivity index (χ0v) is 17.0. The Kier molecular flexibility index (Phi) is 7.44. The summed E-state index contributed by atoms with van der Waals surface area (Å²) in [6.45, 7) is 7.77. The lowest BCUT2D eigenvalue weighted by Crippen LogP contribution is -2.20. The van der Waals surface area contributed by atoms with Crippen molar-refractivity contribution >= 4 is 23.2 Å². The lowest BCUT2D eigenvalue weighted by atomic mass is 10.0. The van der Waals surface area contributed by atoms with Crippen LogP contribution in [-0.4, -0.2) is 25.5 Å². The van der Waals surface area contributed by atoms with E-state index in [-0.39, 0.29) is 24.3 Å². The molecule has 0 aliphatic carbocycles. The van der Waals surface area contributed by atoms with E-state index >= 15 is 0 Å². The average molecular weight is 384 g/mol. The molecule has 150 valence electrons. The second-order valence-electron chi connectivity index (χ2n) is 7.12. The van der Waals surface area contributed by atoms with Crippen LogP contribution in [0.1, 0.15) is 39.2 Å². The molecule has 0 atom stereocenters. The van der Waals surface area contributed by atoms with E-state index in [9.17, 15) is 9.59 Å². The Morgan fingerprint density at radius 2 is 1.64 bits per heavy atom.